The number of rotatable bonds is 13. The minimum Gasteiger partial charge on any atom is -0.484 e. The maximum atomic E-state index is 14.0. The minimum absolute atomic E-state index is 0.0499. The number of nitrogens with zero attached hydrogens (tertiary/aromatic N) is 1. The second-order valence-corrected chi connectivity index (χ2v) is 12.9. The zero-order chi connectivity index (χ0) is 35.1. The molecule has 13 heteroatoms. The van der Waals surface area contributed by atoms with Crippen LogP contribution in [0.5, 0.6) is 17.2 Å². The van der Waals surface area contributed by atoms with E-state index in [0.29, 0.717) is 22.6 Å². The van der Waals surface area contributed by atoms with Crippen LogP contribution in [0, 0.1) is 11.6 Å². The van der Waals surface area contributed by atoms with Crippen molar-refractivity contribution < 1.29 is 41.0 Å². The molecule has 1 atom stereocenters. The van der Waals surface area contributed by atoms with Gasteiger partial charge in [-0.15, -0.1) is 0 Å². The number of sulfonamides is 1. The van der Waals surface area contributed by atoms with Gasteiger partial charge in [-0.1, -0.05) is 48.5 Å². The van der Waals surface area contributed by atoms with Gasteiger partial charge >= 0.3 is 0 Å². The molecule has 0 fully saturated rings. The van der Waals surface area contributed by atoms with E-state index in [1.165, 1.54) is 65.6 Å². The van der Waals surface area contributed by atoms with Gasteiger partial charge in [0, 0.05) is 18.8 Å². The van der Waals surface area contributed by atoms with Gasteiger partial charge in [0.05, 0.1) is 4.90 Å². The van der Waals surface area contributed by atoms with Gasteiger partial charge in [-0.3, -0.25) is 14.3 Å². The molecule has 0 unspecified atom stereocenters. The lowest BCUT2D eigenvalue weighted by atomic mass is 10.0. The molecule has 2 amide bonds. The number of carbonyl (C=O) groups is 2. The summed E-state index contributed by atoms with van der Waals surface area (Å²) in [5.41, 5.74) is 2.06. The monoisotopic (exact) mass is 699 g/mol. The molecule has 0 spiro atoms. The van der Waals surface area contributed by atoms with Crippen molar-refractivity contribution in [3.8, 4) is 17.2 Å². The number of benzene rings is 5. The van der Waals surface area contributed by atoms with E-state index in [9.17, 15) is 26.8 Å². The highest BCUT2D eigenvalue weighted by Crippen LogP contribution is 2.33. The Kier molecular flexibility index (Phi) is 10.2. The van der Waals surface area contributed by atoms with Crippen molar-refractivity contribution in [3.05, 3.63) is 150 Å². The number of halogens is 2. The molecule has 5 aromatic rings. The number of anilines is 1. The van der Waals surface area contributed by atoms with Gasteiger partial charge in [0.2, 0.25) is 12.7 Å². The van der Waals surface area contributed by atoms with Gasteiger partial charge in [-0.05, 0) is 89.5 Å². The molecular weight excluding hydrogens is 668 g/mol. The van der Waals surface area contributed by atoms with Crippen molar-refractivity contribution in [3.63, 3.8) is 0 Å². The summed E-state index contributed by atoms with van der Waals surface area (Å²) in [5, 5.41) is 2.92. The number of amides is 2. The lowest BCUT2D eigenvalue weighted by Gasteiger charge is -2.31. The second kappa shape index (κ2) is 15.1. The van der Waals surface area contributed by atoms with E-state index in [0.717, 1.165) is 17.7 Å². The summed E-state index contributed by atoms with van der Waals surface area (Å²) in [6.07, 6.45) is 0. The quantitative estimate of drug-likeness (QED) is 0.156. The molecule has 0 radical (unpaired) electrons. The molecule has 0 bridgehead atoms. The van der Waals surface area contributed by atoms with E-state index in [1.54, 1.807) is 48.5 Å². The molecule has 1 aliphatic heterocycles. The Morgan fingerprint density at radius 1 is 0.780 bits per heavy atom. The van der Waals surface area contributed by atoms with Crippen molar-refractivity contribution in [2.24, 2.45) is 0 Å². The summed E-state index contributed by atoms with van der Waals surface area (Å²) in [5.74, 6) is -0.604. The van der Waals surface area contributed by atoms with Crippen LogP contribution in [-0.4, -0.2) is 38.5 Å². The Hall–Kier alpha value is -5.95. The SMILES string of the molecule is O=C(NCc1ccc2c(c1)OCO2)[C@@H](c1ccccc1)N(Cc1ccc(F)cc1)C(=O)COc1ccc(S(=O)(=O)Nc2ccc(F)cc2)cc1. The number of hydrogen-bond donors (Lipinski definition) is 2. The van der Waals surface area contributed by atoms with Crippen molar-refractivity contribution in [1.29, 1.82) is 0 Å². The van der Waals surface area contributed by atoms with Crippen molar-refractivity contribution in [1.82, 2.24) is 10.2 Å². The zero-order valence-electron chi connectivity index (χ0n) is 26.4. The highest BCUT2D eigenvalue weighted by molar-refractivity contribution is 7.92. The Bertz CT molecular complexity index is 2060. The number of ether oxygens (including phenoxy) is 3. The molecule has 50 heavy (non-hydrogen) atoms. The van der Waals surface area contributed by atoms with Gasteiger partial charge in [-0.2, -0.15) is 0 Å². The van der Waals surface area contributed by atoms with Gasteiger partial charge < -0.3 is 24.4 Å². The highest BCUT2D eigenvalue weighted by atomic mass is 32.2. The fourth-order valence-corrected chi connectivity index (χ4v) is 6.29. The first-order valence-corrected chi connectivity index (χ1v) is 16.9. The number of hydrogen-bond acceptors (Lipinski definition) is 7. The van der Waals surface area contributed by atoms with Crippen LogP contribution in [-0.2, 0) is 32.7 Å². The molecule has 0 aliphatic carbocycles. The average Bonchev–Trinajstić information content (AvgIpc) is 3.60. The molecule has 0 saturated carbocycles. The van der Waals surface area contributed by atoms with E-state index >= 15 is 0 Å². The standard InChI is InChI=1S/C37H31F2N3O7S/c38-28-9-6-25(7-10-28)22-42(35(43)23-47-31-15-17-32(18-16-31)50(45,46)41-30-13-11-29(39)12-14-30)36(27-4-2-1-3-5-27)37(44)40-21-26-8-19-33-34(20-26)49-24-48-33/h1-20,36,41H,21-24H2,(H,40,44)/t36-/m1/s1. The van der Waals surface area contributed by atoms with Gasteiger partial charge in [0.25, 0.3) is 15.9 Å². The molecule has 1 heterocycles. The largest absolute Gasteiger partial charge is 0.484 e. The lowest BCUT2D eigenvalue weighted by Crippen LogP contribution is -2.45. The van der Waals surface area contributed by atoms with Gasteiger partial charge in [0.1, 0.15) is 23.4 Å². The summed E-state index contributed by atoms with van der Waals surface area (Å²) in [4.78, 5) is 29.2. The second-order valence-electron chi connectivity index (χ2n) is 11.2. The van der Waals surface area contributed by atoms with Gasteiger partial charge in [0.15, 0.2) is 18.1 Å². The molecule has 256 valence electrons. The van der Waals surface area contributed by atoms with Crippen molar-refractivity contribution in [2.75, 3.05) is 18.1 Å². The molecule has 1 aliphatic rings. The van der Waals surface area contributed by atoms with Crippen LogP contribution >= 0.6 is 0 Å². The topological polar surface area (TPSA) is 123 Å². The van der Waals surface area contributed by atoms with Crippen LogP contribution < -0.4 is 24.2 Å². The molecule has 0 aromatic heterocycles. The smallest absolute Gasteiger partial charge is 0.261 e. The highest BCUT2D eigenvalue weighted by Gasteiger charge is 2.32. The first-order chi connectivity index (χ1) is 24.1. The maximum Gasteiger partial charge on any atom is 0.261 e. The van der Waals surface area contributed by atoms with E-state index in [4.69, 9.17) is 14.2 Å². The predicted octanol–water partition coefficient (Wildman–Crippen LogP) is 5.96. The summed E-state index contributed by atoms with van der Waals surface area (Å²) < 4.78 is 71.7. The van der Waals surface area contributed by atoms with Crippen LogP contribution in [0.15, 0.2) is 126 Å². The summed E-state index contributed by atoms with van der Waals surface area (Å²) >= 11 is 0. The molecule has 0 saturated heterocycles. The third-order valence-corrected chi connectivity index (χ3v) is 9.16. The Morgan fingerprint density at radius 2 is 1.42 bits per heavy atom. The van der Waals surface area contributed by atoms with Crippen molar-refractivity contribution in [2.45, 2.75) is 24.0 Å². The first kappa shape index (κ1) is 33.9. The molecule has 6 rings (SSSR count). The molecule has 5 aromatic carbocycles. The normalized spacial score (nSPS) is 12.5. The zero-order valence-corrected chi connectivity index (χ0v) is 27.2. The third kappa shape index (κ3) is 8.36. The molecule has 2 N–H and O–H groups in total. The van der Waals surface area contributed by atoms with Crippen LogP contribution in [0.25, 0.3) is 0 Å². The summed E-state index contributed by atoms with van der Waals surface area (Å²) in [6.45, 7) is -0.299. The molecular formula is C37H31F2N3O7S. The predicted molar refractivity (Wildman–Crippen MR) is 180 cm³/mol. The van der Waals surface area contributed by atoms with E-state index in [1.807, 2.05) is 0 Å². The lowest BCUT2D eigenvalue weighted by molar-refractivity contribution is -0.143. The Labute approximate surface area is 287 Å². The number of carbonyl (C=O) groups excluding carboxylic acids is 2. The van der Waals surface area contributed by atoms with Crippen LogP contribution in [0.3, 0.4) is 0 Å². The van der Waals surface area contributed by atoms with E-state index in [-0.39, 0.29) is 36.2 Å². The van der Waals surface area contributed by atoms with Crippen LogP contribution in [0.2, 0.25) is 0 Å². The fraction of sp³-hybridized carbons (Fsp3) is 0.135. The maximum absolute atomic E-state index is 14.0. The average molecular weight is 700 g/mol. The summed E-state index contributed by atoms with van der Waals surface area (Å²) in [6, 6.07) is 28.9. The van der Waals surface area contributed by atoms with Crippen molar-refractivity contribution >= 4 is 27.5 Å². The Morgan fingerprint density at radius 3 is 2.12 bits per heavy atom. The van der Waals surface area contributed by atoms with Crippen LogP contribution in [0.1, 0.15) is 22.7 Å². The number of fused-ring (bicyclic) bond motifs is 1. The molecule has 10 nitrogen and oxygen atoms in total. The first-order valence-electron chi connectivity index (χ1n) is 15.4. The number of nitrogens with one attached hydrogen (secondary N) is 2. The fourth-order valence-electron chi connectivity index (χ4n) is 5.23. The summed E-state index contributed by atoms with van der Waals surface area (Å²) in [7, 11) is -3.99. The van der Waals surface area contributed by atoms with Gasteiger partial charge in [-0.25, -0.2) is 17.2 Å². The van der Waals surface area contributed by atoms with E-state index < -0.39 is 46.1 Å². The van der Waals surface area contributed by atoms with E-state index in [2.05, 4.69) is 10.0 Å². The van der Waals surface area contributed by atoms with Crippen LogP contribution in [0.4, 0.5) is 14.5 Å². The minimum atomic E-state index is -3.99. The Balaban J connectivity index is 1.20. The third-order valence-electron chi connectivity index (χ3n) is 7.76.